The molecule has 4 heterocycles. The molecule has 2 fully saturated rings. The molecule has 0 spiro atoms. The van der Waals surface area contributed by atoms with Crippen LogP contribution in [0.15, 0.2) is 36.7 Å². The molecule has 0 saturated carbocycles. The summed E-state index contributed by atoms with van der Waals surface area (Å²) in [6, 6.07) is 8.62. The molecule has 0 radical (unpaired) electrons. The molecule has 6 nitrogen and oxygen atoms in total. The number of fused-ring (bicyclic) bond motifs is 1. The third kappa shape index (κ3) is 4.00. The van der Waals surface area contributed by atoms with Gasteiger partial charge in [-0.1, -0.05) is 11.6 Å². The van der Waals surface area contributed by atoms with Gasteiger partial charge >= 0.3 is 0 Å². The third-order valence-corrected chi connectivity index (χ3v) is 8.35. The Bertz CT molecular complexity index is 1100. The van der Waals surface area contributed by atoms with Gasteiger partial charge in [0, 0.05) is 67.1 Å². The van der Waals surface area contributed by atoms with Crippen LogP contribution in [0.2, 0.25) is 5.02 Å². The molecule has 31 heavy (non-hydrogen) atoms. The van der Waals surface area contributed by atoms with E-state index in [9.17, 15) is 4.55 Å². The molecular weight excluding hydrogens is 432 g/mol. The predicted molar refractivity (Wildman–Crippen MR) is 126 cm³/mol. The molecule has 0 N–H and O–H groups in total. The van der Waals surface area contributed by atoms with E-state index in [1.807, 2.05) is 25.3 Å². The van der Waals surface area contributed by atoms with Crippen molar-refractivity contribution in [3.8, 4) is 17.0 Å². The first kappa shape index (κ1) is 20.9. The zero-order chi connectivity index (χ0) is 21.5. The van der Waals surface area contributed by atoms with Crippen LogP contribution in [0.1, 0.15) is 24.8 Å². The smallest absolute Gasteiger partial charge is 0.139 e. The number of pyridine rings is 1. The molecule has 0 amide bonds. The second-order valence-corrected chi connectivity index (χ2v) is 10.2. The van der Waals surface area contributed by atoms with Gasteiger partial charge in [-0.25, -0.2) is 4.98 Å². The first-order valence-corrected chi connectivity index (χ1v) is 12.4. The zero-order valence-electron chi connectivity index (χ0n) is 17.9. The van der Waals surface area contributed by atoms with Crippen LogP contribution < -0.4 is 9.64 Å². The number of anilines is 1. The summed E-state index contributed by atoms with van der Waals surface area (Å²) in [6.07, 6.45) is 7.29. The van der Waals surface area contributed by atoms with E-state index in [2.05, 4.69) is 31.9 Å². The minimum Gasteiger partial charge on any atom is -0.598 e. The summed E-state index contributed by atoms with van der Waals surface area (Å²) in [4.78, 5) is 7.29. The van der Waals surface area contributed by atoms with E-state index in [-0.39, 0.29) is 0 Å². The minimum absolute atomic E-state index is 0.448. The average molecular weight is 459 g/mol. The summed E-state index contributed by atoms with van der Waals surface area (Å²) < 4.78 is 21.8. The lowest BCUT2D eigenvalue weighted by atomic mass is 10.0. The molecule has 2 aliphatic rings. The van der Waals surface area contributed by atoms with Gasteiger partial charge in [0.25, 0.3) is 0 Å². The summed E-state index contributed by atoms with van der Waals surface area (Å²) in [6.45, 7) is 4.99. The highest BCUT2D eigenvalue weighted by atomic mass is 35.5. The summed E-state index contributed by atoms with van der Waals surface area (Å²) in [5.41, 5.74) is 5.09. The molecule has 1 unspecified atom stereocenters. The van der Waals surface area contributed by atoms with Crippen molar-refractivity contribution in [1.82, 2.24) is 13.7 Å². The molecule has 1 aromatic carbocycles. The summed E-state index contributed by atoms with van der Waals surface area (Å²) >= 11 is 5.59. The Morgan fingerprint density at radius 1 is 1.19 bits per heavy atom. The number of benzene rings is 1. The fraction of sp³-hybridized carbons (Fsp3) is 0.435. The fourth-order valence-corrected chi connectivity index (χ4v) is 6.44. The van der Waals surface area contributed by atoms with Crippen molar-refractivity contribution in [2.75, 3.05) is 37.4 Å². The topological polar surface area (TPSA) is 56.1 Å². The Labute approximate surface area is 191 Å². The molecule has 1 atom stereocenters. The van der Waals surface area contributed by atoms with Crippen LogP contribution in [0.4, 0.5) is 5.69 Å². The Balaban J connectivity index is 1.35. The monoisotopic (exact) mass is 458 g/mol. The first-order valence-electron chi connectivity index (χ1n) is 10.8. The normalized spacial score (nSPS) is 20.6. The van der Waals surface area contributed by atoms with Crippen LogP contribution in [0, 0.1) is 6.92 Å². The zero-order valence-corrected chi connectivity index (χ0v) is 19.5. The maximum Gasteiger partial charge on any atom is 0.139 e. The number of rotatable bonds is 4. The van der Waals surface area contributed by atoms with Crippen LogP contribution in [0.5, 0.6) is 5.75 Å². The second kappa shape index (κ2) is 8.54. The van der Waals surface area contributed by atoms with E-state index in [4.69, 9.17) is 21.3 Å². The maximum absolute atomic E-state index is 12.2. The molecule has 2 aliphatic heterocycles. The summed E-state index contributed by atoms with van der Waals surface area (Å²) in [5, 5.41) is 0.586. The van der Waals surface area contributed by atoms with Crippen molar-refractivity contribution >= 4 is 34.3 Å². The van der Waals surface area contributed by atoms with Gasteiger partial charge < -0.3 is 18.6 Å². The van der Waals surface area contributed by atoms with Crippen molar-refractivity contribution in [2.24, 2.45) is 0 Å². The lowest BCUT2D eigenvalue weighted by molar-refractivity contribution is 0.291. The number of imidazole rings is 1. The van der Waals surface area contributed by atoms with Gasteiger partial charge in [-0.15, -0.1) is 4.31 Å². The van der Waals surface area contributed by atoms with Gasteiger partial charge in [0.2, 0.25) is 0 Å². The van der Waals surface area contributed by atoms with Gasteiger partial charge in [-0.3, -0.25) is 0 Å². The van der Waals surface area contributed by atoms with E-state index >= 15 is 0 Å². The Morgan fingerprint density at radius 2 is 2.00 bits per heavy atom. The predicted octanol–water partition coefficient (Wildman–Crippen LogP) is 4.31. The Hall–Kier alpha value is -1.93. The second-order valence-electron chi connectivity index (χ2n) is 8.32. The molecule has 8 heteroatoms. The van der Waals surface area contributed by atoms with Crippen LogP contribution in [-0.4, -0.2) is 56.8 Å². The number of aromatic nitrogens is 2. The highest BCUT2D eigenvalue weighted by molar-refractivity contribution is 7.89. The van der Waals surface area contributed by atoms with Gasteiger partial charge in [-0.05, 0) is 43.5 Å². The SMILES string of the molecule is COc1cc(C)c(-c2cn3ccc(N4CCC(N5CCC[S+]5[O-])CC4)cc3n2)cc1Cl. The largest absolute Gasteiger partial charge is 0.598 e. The van der Waals surface area contributed by atoms with E-state index in [0.29, 0.717) is 16.8 Å². The van der Waals surface area contributed by atoms with Crippen molar-refractivity contribution in [2.45, 2.75) is 32.2 Å². The van der Waals surface area contributed by atoms with E-state index in [1.54, 1.807) is 7.11 Å². The number of ether oxygens (including phenoxy) is 1. The number of hydrogen-bond acceptors (Lipinski definition) is 5. The van der Waals surface area contributed by atoms with E-state index in [1.165, 1.54) is 5.69 Å². The maximum atomic E-state index is 12.2. The number of halogens is 1. The van der Waals surface area contributed by atoms with E-state index < -0.39 is 11.4 Å². The van der Waals surface area contributed by atoms with Gasteiger partial charge in [0.15, 0.2) is 0 Å². The van der Waals surface area contributed by atoms with Gasteiger partial charge in [0.1, 0.15) is 17.1 Å². The van der Waals surface area contributed by atoms with Crippen LogP contribution in [0.3, 0.4) is 0 Å². The van der Waals surface area contributed by atoms with Crippen molar-refractivity contribution in [3.63, 3.8) is 0 Å². The Kier molecular flexibility index (Phi) is 5.77. The number of methoxy groups -OCH3 is 1. The first-order chi connectivity index (χ1) is 15.0. The molecule has 164 valence electrons. The standard InChI is InChI=1S/C23H27ClN4O2S/c1-16-12-22(30-2)20(24)14-19(16)21-15-27-10-6-18(13-23(27)25-21)26-8-4-17(5-9-26)28-7-3-11-31(28)29/h6,10,12-15,17H,3-5,7-9,11H2,1-2H3. The quantitative estimate of drug-likeness (QED) is 0.545. The molecule has 0 aliphatic carbocycles. The molecular formula is C23H27ClN4O2S. The van der Waals surface area contributed by atoms with Crippen molar-refractivity contribution in [1.29, 1.82) is 0 Å². The highest BCUT2D eigenvalue weighted by Crippen LogP contribution is 2.34. The number of aryl methyl sites for hydroxylation is 1. The number of nitrogens with zero attached hydrogens (tertiary/aromatic N) is 4. The van der Waals surface area contributed by atoms with Crippen molar-refractivity contribution in [3.05, 3.63) is 47.2 Å². The third-order valence-electron chi connectivity index (χ3n) is 6.41. The van der Waals surface area contributed by atoms with Crippen LogP contribution in [0.25, 0.3) is 16.9 Å². The van der Waals surface area contributed by atoms with E-state index in [0.717, 1.165) is 67.1 Å². The van der Waals surface area contributed by atoms with Gasteiger partial charge in [-0.2, -0.15) is 0 Å². The lowest BCUT2D eigenvalue weighted by Gasteiger charge is -2.36. The minimum atomic E-state index is -0.770. The lowest BCUT2D eigenvalue weighted by Crippen LogP contribution is -2.45. The molecule has 2 saturated heterocycles. The van der Waals surface area contributed by atoms with Crippen molar-refractivity contribution < 1.29 is 9.29 Å². The molecule has 5 rings (SSSR count). The highest BCUT2D eigenvalue weighted by Gasteiger charge is 2.35. The fourth-order valence-electron chi connectivity index (χ4n) is 4.71. The Morgan fingerprint density at radius 3 is 2.71 bits per heavy atom. The number of hydrogen-bond donors (Lipinski definition) is 0. The molecule has 2 aromatic heterocycles. The van der Waals surface area contributed by atoms with Crippen LogP contribution >= 0.6 is 11.6 Å². The molecule has 0 bridgehead atoms. The van der Waals surface area contributed by atoms with Gasteiger partial charge in [0.05, 0.1) is 23.9 Å². The van der Waals surface area contributed by atoms with Crippen LogP contribution in [-0.2, 0) is 11.4 Å². The number of piperidine rings is 1. The summed E-state index contributed by atoms with van der Waals surface area (Å²) in [7, 11) is 1.63. The molecule has 3 aromatic rings. The summed E-state index contributed by atoms with van der Waals surface area (Å²) in [5.74, 6) is 1.51. The average Bonchev–Trinajstić information content (AvgIpc) is 3.40.